The van der Waals surface area contributed by atoms with Crippen LogP contribution in [0.15, 0.2) is 18.3 Å². The molecule has 8 heteroatoms. The van der Waals surface area contributed by atoms with Crippen molar-refractivity contribution in [3.63, 3.8) is 0 Å². The van der Waals surface area contributed by atoms with Crippen LogP contribution in [0.5, 0.6) is 5.75 Å². The molecule has 1 saturated carbocycles. The maximum Gasteiger partial charge on any atom is 0.337 e. The Kier molecular flexibility index (Phi) is 11.4. The molecule has 28 heavy (non-hydrogen) atoms. The van der Waals surface area contributed by atoms with Gasteiger partial charge in [0.2, 0.25) is 0 Å². The van der Waals surface area contributed by atoms with Crippen LogP contribution in [-0.4, -0.2) is 38.9 Å². The summed E-state index contributed by atoms with van der Waals surface area (Å²) in [6, 6.07) is 2.62. The number of carboxylic acid groups (broad SMARTS) is 1. The zero-order chi connectivity index (χ0) is 19.3. The number of carboxylic acids is 1. The Balaban J connectivity index is 0.00000364. The molecule has 2 rings (SSSR count). The molecule has 0 unspecified atom stereocenters. The van der Waals surface area contributed by atoms with E-state index in [1.165, 1.54) is 0 Å². The minimum absolute atomic E-state index is 0. The van der Waals surface area contributed by atoms with E-state index in [1.54, 1.807) is 18.3 Å². The normalized spacial score (nSPS) is 22.4. The highest BCUT2D eigenvalue weighted by molar-refractivity contribution is 5.85. The fourth-order valence-electron chi connectivity index (χ4n) is 3.51. The number of ether oxygens (including phenoxy) is 1. The summed E-state index contributed by atoms with van der Waals surface area (Å²) in [6.45, 7) is 6.15. The van der Waals surface area contributed by atoms with Gasteiger partial charge in [0.1, 0.15) is 5.75 Å². The summed E-state index contributed by atoms with van der Waals surface area (Å²) in [5.74, 6) is 0.280. The van der Waals surface area contributed by atoms with Crippen molar-refractivity contribution >= 4 is 30.8 Å². The third-order valence-electron chi connectivity index (χ3n) is 5.21. The van der Waals surface area contributed by atoms with Crippen molar-refractivity contribution in [3.8, 4) is 5.75 Å². The monoisotopic (exact) mass is 436 g/mol. The lowest BCUT2D eigenvalue weighted by Gasteiger charge is -2.31. The van der Waals surface area contributed by atoms with E-state index in [-0.39, 0.29) is 43.3 Å². The quantitative estimate of drug-likeness (QED) is 0.574. The van der Waals surface area contributed by atoms with Crippen molar-refractivity contribution in [2.24, 2.45) is 17.6 Å². The molecule has 0 amide bonds. The van der Waals surface area contributed by atoms with Gasteiger partial charge >= 0.3 is 5.97 Å². The second-order valence-electron chi connectivity index (χ2n) is 8.12. The van der Waals surface area contributed by atoms with E-state index in [4.69, 9.17) is 10.5 Å². The van der Waals surface area contributed by atoms with Crippen LogP contribution in [0.3, 0.4) is 0 Å². The molecule has 0 bridgehead atoms. The number of nitrogens with zero attached hydrogens (tertiary/aromatic N) is 1. The van der Waals surface area contributed by atoms with Crippen LogP contribution in [0.4, 0.5) is 0 Å². The highest BCUT2D eigenvalue weighted by Gasteiger charge is 2.43. The van der Waals surface area contributed by atoms with Crippen molar-refractivity contribution in [2.75, 3.05) is 0 Å². The number of hydrogen-bond acceptors (Lipinski definition) is 5. The van der Waals surface area contributed by atoms with Crippen molar-refractivity contribution in [3.05, 3.63) is 24.0 Å². The van der Waals surface area contributed by atoms with Crippen LogP contribution < -0.4 is 10.5 Å². The molecule has 1 heterocycles. The largest absolute Gasteiger partial charge is 0.490 e. The van der Waals surface area contributed by atoms with Crippen LogP contribution in [-0.2, 0) is 11.2 Å². The first-order valence-electron chi connectivity index (χ1n) is 9.53. The Hall–Kier alpha value is -1.08. The van der Waals surface area contributed by atoms with Crippen molar-refractivity contribution in [1.82, 2.24) is 4.98 Å². The first-order valence-corrected chi connectivity index (χ1v) is 9.53. The number of aromatic nitrogens is 1. The Labute approximate surface area is 180 Å². The smallest absolute Gasteiger partial charge is 0.337 e. The van der Waals surface area contributed by atoms with Gasteiger partial charge in [0, 0.05) is 30.4 Å². The molecule has 1 aliphatic carbocycles. The van der Waals surface area contributed by atoms with E-state index in [1.807, 2.05) is 13.8 Å². The lowest BCUT2D eigenvalue weighted by atomic mass is 9.84. The molecule has 2 atom stereocenters. The number of pyridine rings is 1. The van der Waals surface area contributed by atoms with Gasteiger partial charge in [-0.2, -0.15) is 0 Å². The van der Waals surface area contributed by atoms with Gasteiger partial charge in [-0.25, -0.2) is 4.79 Å². The highest BCUT2D eigenvalue weighted by Crippen LogP contribution is 2.28. The van der Waals surface area contributed by atoms with Crippen LogP contribution >= 0.6 is 24.8 Å². The number of carbonyl (C=O) groups is 1. The standard InChI is InChI=1S/C20H32N2O4.2ClH/c1-13(2)10-18(21)20(25,19(23)24)12-15-11-17(8-9-22-15)26-16-6-4-14(3)5-7-16;;/h8-9,11,13-14,16,18,25H,4-7,10,12,21H2,1-3H3,(H,23,24);2*1H/t14-,16-,18-,20-;;/m0../s1. The first kappa shape index (κ1) is 26.9. The van der Waals surface area contributed by atoms with E-state index in [0.29, 0.717) is 17.9 Å². The summed E-state index contributed by atoms with van der Waals surface area (Å²) >= 11 is 0. The molecule has 1 fully saturated rings. The third kappa shape index (κ3) is 7.39. The molecule has 0 saturated heterocycles. The zero-order valence-electron chi connectivity index (χ0n) is 16.8. The maximum atomic E-state index is 11.7. The summed E-state index contributed by atoms with van der Waals surface area (Å²) in [5, 5.41) is 20.2. The van der Waals surface area contributed by atoms with Gasteiger partial charge in [0.15, 0.2) is 5.60 Å². The molecular weight excluding hydrogens is 403 g/mol. The Morgan fingerprint density at radius 3 is 2.46 bits per heavy atom. The first-order chi connectivity index (χ1) is 12.2. The number of hydrogen-bond donors (Lipinski definition) is 3. The summed E-state index contributed by atoms with van der Waals surface area (Å²) in [7, 11) is 0. The number of nitrogens with two attached hydrogens (primary N) is 1. The fourth-order valence-corrected chi connectivity index (χ4v) is 3.51. The van der Waals surface area contributed by atoms with Crippen molar-refractivity contribution in [2.45, 2.75) is 77.0 Å². The number of aliphatic hydroxyl groups is 1. The molecule has 162 valence electrons. The summed E-state index contributed by atoms with van der Waals surface area (Å²) < 4.78 is 6.04. The number of aliphatic carboxylic acids is 1. The SMILES string of the molecule is CC(C)C[C@H](N)[C@@](O)(Cc1cc(O[C@H]2CC[C@H](C)CC2)ccn1)C(=O)O.Cl.Cl. The Morgan fingerprint density at radius 2 is 1.93 bits per heavy atom. The summed E-state index contributed by atoms with van der Waals surface area (Å²) in [5.41, 5.74) is 4.44. The minimum atomic E-state index is -2.05. The maximum absolute atomic E-state index is 11.7. The van der Waals surface area contributed by atoms with E-state index < -0.39 is 17.6 Å². The summed E-state index contributed by atoms with van der Waals surface area (Å²) in [4.78, 5) is 15.9. The molecule has 0 spiro atoms. The van der Waals surface area contributed by atoms with Crippen LogP contribution in [0.1, 0.15) is 58.6 Å². The Bertz CT molecular complexity index is 610. The minimum Gasteiger partial charge on any atom is -0.490 e. The predicted octanol–water partition coefficient (Wildman–Crippen LogP) is 3.61. The zero-order valence-corrected chi connectivity index (χ0v) is 18.5. The number of halogens is 2. The fraction of sp³-hybridized carbons (Fsp3) is 0.700. The Morgan fingerprint density at radius 1 is 1.32 bits per heavy atom. The van der Waals surface area contributed by atoms with Gasteiger partial charge in [-0.05, 0) is 50.0 Å². The molecule has 1 aromatic rings. The molecular formula is C20H34Cl2N2O4. The van der Waals surface area contributed by atoms with Crippen molar-refractivity contribution < 1.29 is 19.7 Å². The van der Waals surface area contributed by atoms with Gasteiger partial charge in [-0.1, -0.05) is 20.8 Å². The van der Waals surface area contributed by atoms with E-state index in [0.717, 1.165) is 31.6 Å². The predicted molar refractivity (Wildman–Crippen MR) is 115 cm³/mol. The van der Waals surface area contributed by atoms with Gasteiger partial charge in [0.25, 0.3) is 0 Å². The molecule has 0 radical (unpaired) electrons. The molecule has 4 N–H and O–H groups in total. The molecule has 0 aliphatic heterocycles. The van der Waals surface area contributed by atoms with Crippen LogP contribution in [0.25, 0.3) is 0 Å². The number of rotatable bonds is 8. The lowest BCUT2D eigenvalue weighted by molar-refractivity contribution is -0.161. The topological polar surface area (TPSA) is 106 Å². The van der Waals surface area contributed by atoms with Crippen molar-refractivity contribution in [1.29, 1.82) is 0 Å². The highest BCUT2D eigenvalue weighted by atomic mass is 35.5. The summed E-state index contributed by atoms with van der Waals surface area (Å²) in [6.07, 6.45) is 6.41. The van der Waals surface area contributed by atoms with Gasteiger partial charge in [0.05, 0.1) is 6.10 Å². The third-order valence-corrected chi connectivity index (χ3v) is 5.21. The molecule has 1 aromatic heterocycles. The van der Waals surface area contributed by atoms with Gasteiger partial charge in [-0.15, -0.1) is 24.8 Å². The van der Waals surface area contributed by atoms with E-state index in [2.05, 4.69) is 11.9 Å². The van der Waals surface area contributed by atoms with Gasteiger partial charge < -0.3 is 20.7 Å². The second kappa shape index (κ2) is 11.8. The average molecular weight is 437 g/mol. The van der Waals surface area contributed by atoms with E-state index in [9.17, 15) is 15.0 Å². The van der Waals surface area contributed by atoms with E-state index >= 15 is 0 Å². The second-order valence-corrected chi connectivity index (χ2v) is 8.12. The molecule has 1 aliphatic rings. The molecule has 6 nitrogen and oxygen atoms in total. The van der Waals surface area contributed by atoms with Crippen LogP contribution in [0, 0.1) is 11.8 Å². The van der Waals surface area contributed by atoms with Crippen LogP contribution in [0.2, 0.25) is 0 Å². The lowest BCUT2D eigenvalue weighted by Crippen LogP contribution is -2.56. The molecule has 0 aromatic carbocycles. The average Bonchev–Trinajstić information content (AvgIpc) is 2.56. The van der Waals surface area contributed by atoms with Gasteiger partial charge in [-0.3, -0.25) is 4.98 Å².